The van der Waals surface area contributed by atoms with E-state index < -0.39 is 0 Å². The second-order valence-corrected chi connectivity index (χ2v) is 4.42. The number of fused-ring (bicyclic) bond motifs is 1. The van der Waals surface area contributed by atoms with Gasteiger partial charge in [0.2, 0.25) is 5.95 Å². The molecule has 2 aromatic carbocycles. The molecule has 0 unspecified atom stereocenters. The van der Waals surface area contributed by atoms with Gasteiger partial charge in [0.15, 0.2) is 5.84 Å². The van der Waals surface area contributed by atoms with Gasteiger partial charge >= 0.3 is 0 Å². The monoisotopic (exact) mass is 279 g/mol. The van der Waals surface area contributed by atoms with Crippen LogP contribution in [0.15, 0.2) is 60.0 Å². The number of hydrogen-bond acceptors (Lipinski definition) is 5. The van der Waals surface area contributed by atoms with Crippen molar-refractivity contribution < 1.29 is 5.21 Å². The van der Waals surface area contributed by atoms with E-state index in [1.54, 1.807) is 24.5 Å². The lowest BCUT2D eigenvalue weighted by atomic mass is 10.0. The summed E-state index contributed by atoms with van der Waals surface area (Å²) >= 11 is 0. The van der Waals surface area contributed by atoms with Crippen LogP contribution in [0.2, 0.25) is 0 Å². The van der Waals surface area contributed by atoms with Crippen molar-refractivity contribution in [2.75, 3.05) is 5.32 Å². The summed E-state index contributed by atoms with van der Waals surface area (Å²) < 4.78 is 0. The van der Waals surface area contributed by atoms with Crippen LogP contribution in [-0.2, 0) is 0 Å². The van der Waals surface area contributed by atoms with Gasteiger partial charge in [-0.2, -0.15) is 0 Å². The number of nitrogens with one attached hydrogen (secondary N) is 1. The number of oxime groups is 1. The fourth-order valence-electron chi connectivity index (χ4n) is 2.08. The lowest BCUT2D eigenvalue weighted by molar-refractivity contribution is 0.318. The molecule has 0 atom stereocenters. The Morgan fingerprint density at radius 2 is 1.90 bits per heavy atom. The second-order valence-electron chi connectivity index (χ2n) is 4.42. The summed E-state index contributed by atoms with van der Waals surface area (Å²) in [5.74, 6) is 0.585. The Hall–Kier alpha value is -3.15. The van der Waals surface area contributed by atoms with Crippen molar-refractivity contribution in [3.05, 3.63) is 60.4 Å². The van der Waals surface area contributed by atoms with Crippen LogP contribution < -0.4 is 11.1 Å². The second kappa shape index (κ2) is 5.46. The van der Waals surface area contributed by atoms with E-state index >= 15 is 0 Å². The van der Waals surface area contributed by atoms with E-state index in [1.165, 1.54) is 0 Å². The molecule has 0 aliphatic carbocycles. The molecule has 21 heavy (non-hydrogen) atoms. The normalized spacial score (nSPS) is 11.5. The lowest BCUT2D eigenvalue weighted by Crippen LogP contribution is -2.12. The molecule has 0 radical (unpaired) electrons. The van der Waals surface area contributed by atoms with Crippen LogP contribution in [0, 0.1) is 0 Å². The van der Waals surface area contributed by atoms with Gasteiger partial charge in [0.1, 0.15) is 0 Å². The molecule has 6 nitrogen and oxygen atoms in total. The Labute approximate surface area is 121 Å². The van der Waals surface area contributed by atoms with Crippen molar-refractivity contribution in [3.8, 4) is 0 Å². The topological polar surface area (TPSA) is 96.4 Å². The van der Waals surface area contributed by atoms with E-state index in [9.17, 15) is 0 Å². The minimum Gasteiger partial charge on any atom is -0.409 e. The van der Waals surface area contributed by atoms with Gasteiger partial charge in [-0.25, -0.2) is 9.97 Å². The first-order valence-corrected chi connectivity index (χ1v) is 6.32. The summed E-state index contributed by atoms with van der Waals surface area (Å²) in [6.07, 6.45) is 3.34. The molecule has 1 heterocycles. The predicted molar refractivity (Wildman–Crippen MR) is 81.8 cm³/mol. The maximum Gasteiger partial charge on any atom is 0.227 e. The molecule has 0 saturated carbocycles. The lowest BCUT2D eigenvalue weighted by Gasteiger charge is -2.09. The van der Waals surface area contributed by atoms with Crippen molar-refractivity contribution in [2.45, 2.75) is 0 Å². The maximum atomic E-state index is 8.79. The molecule has 0 aliphatic rings. The number of nitrogens with zero attached hydrogens (tertiary/aromatic N) is 3. The average Bonchev–Trinajstić information content (AvgIpc) is 2.55. The van der Waals surface area contributed by atoms with E-state index in [0.717, 1.165) is 16.5 Å². The zero-order valence-electron chi connectivity index (χ0n) is 11.1. The maximum absolute atomic E-state index is 8.79. The van der Waals surface area contributed by atoms with Crippen LogP contribution in [0.3, 0.4) is 0 Å². The van der Waals surface area contributed by atoms with Crippen molar-refractivity contribution >= 4 is 28.2 Å². The zero-order valence-corrected chi connectivity index (χ0v) is 11.1. The van der Waals surface area contributed by atoms with Gasteiger partial charge in [-0.3, -0.25) is 0 Å². The summed E-state index contributed by atoms with van der Waals surface area (Å²) in [5, 5.41) is 17.0. The van der Waals surface area contributed by atoms with E-state index in [1.807, 2.05) is 30.3 Å². The summed E-state index contributed by atoms with van der Waals surface area (Å²) in [4.78, 5) is 8.29. The summed E-state index contributed by atoms with van der Waals surface area (Å²) in [5.41, 5.74) is 7.14. The average molecular weight is 279 g/mol. The molecule has 3 aromatic rings. The minimum absolute atomic E-state index is 0.0719. The first kappa shape index (κ1) is 12.9. The first-order chi connectivity index (χ1) is 10.3. The largest absolute Gasteiger partial charge is 0.409 e. The zero-order chi connectivity index (χ0) is 14.7. The Kier molecular flexibility index (Phi) is 3.34. The first-order valence-electron chi connectivity index (χ1n) is 6.32. The minimum atomic E-state index is 0.0719. The van der Waals surface area contributed by atoms with Crippen LogP contribution in [-0.4, -0.2) is 21.0 Å². The Balaban J connectivity index is 2.09. The summed E-state index contributed by atoms with van der Waals surface area (Å²) in [6.45, 7) is 0. The Bertz CT molecular complexity index is 802. The van der Waals surface area contributed by atoms with E-state index in [0.29, 0.717) is 11.5 Å². The van der Waals surface area contributed by atoms with Crippen LogP contribution in [0.1, 0.15) is 5.56 Å². The highest BCUT2D eigenvalue weighted by atomic mass is 16.4. The van der Waals surface area contributed by atoms with Gasteiger partial charge in [-0.1, -0.05) is 29.4 Å². The van der Waals surface area contributed by atoms with E-state index in [-0.39, 0.29) is 5.84 Å². The van der Waals surface area contributed by atoms with Gasteiger partial charge in [0, 0.05) is 29.0 Å². The van der Waals surface area contributed by atoms with Gasteiger partial charge < -0.3 is 16.3 Å². The standard InChI is InChI=1S/C15H13N5O/c16-14(20-21)11-6-5-10-3-1-4-13(12(10)9-11)19-15-17-7-2-8-18-15/h1-9,21H,(H2,16,20)(H,17,18,19). The number of benzene rings is 2. The Morgan fingerprint density at radius 3 is 2.67 bits per heavy atom. The van der Waals surface area contributed by atoms with Crippen LogP contribution in [0.4, 0.5) is 11.6 Å². The van der Waals surface area contributed by atoms with Crippen molar-refractivity contribution in [2.24, 2.45) is 10.9 Å². The van der Waals surface area contributed by atoms with Gasteiger partial charge in [-0.15, -0.1) is 0 Å². The fraction of sp³-hybridized carbons (Fsp3) is 0. The molecule has 0 amide bonds. The van der Waals surface area contributed by atoms with Gasteiger partial charge in [0.25, 0.3) is 0 Å². The number of nitrogens with two attached hydrogens (primary N) is 1. The number of hydrogen-bond donors (Lipinski definition) is 3. The summed E-state index contributed by atoms with van der Waals surface area (Å²) in [6, 6.07) is 13.2. The molecule has 0 spiro atoms. The molecular formula is C15H13N5O. The SMILES string of the molecule is N/C(=N\O)c1ccc2cccc(Nc3ncccn3)c2c1. The van der Waals surface area contributed by atoms with E-state index in [4.69, 9.17) is 10.9 Å². The highest BCUT2D eigenvalue weighted by Crippen LogP contribution is 2.26. The molecule has 0 saturated heterocycles. The molecule has 0 fully saturated rings. The highest BCUT2D eigenvalue weighted by molar-refractivity contribution is 6.03. The van der Waals surface area contributed by atoms with Crippen molar-refractivity contribution in [1.82, 2.24) is 9.97 Å². The third-order valence-electron chi connectivity index (χ3n) is 3.10. The highest BCUT2D eigenvalue weighted by Gasteiger charge is 2.06. The van der Waals surface area contributed by atoms with Crippen LogP contribution >= 0.6 is 0 Å². The molecule has 0 bridgehead atoms. The van der Waals surface area contributed by atoms with E-state index in [2.05, 4.69) is 20.4 Å². The predicted octanol–water partition coefficient (Wildman–Crippen LogP) is 2.47. The molecular weight excluding hydrogens is 266 g/mol. The quantitative estimate of drug-likeness (QED) is 0.296. The van der Waals surface area contributed by atoms with Gasteiger partial charge in [-0.05, 0) is 23.6 Å². The molecule has 4 N–H and O–H groups in total. The van der Waals surface area contributed by atoms with Crippen molar-refractivity contribution in [1.29, 1.82) is 0 Å². The third kappa shape index (κ3) is 2.59. The molecule has 104 valence electrons. The number of rotatable bonds is 3. The summed E-state index contributed by atoms with van der Waals surface area (Å²) in [7, 11) is 0. The number of aromatic nitrogens is 2. The van der Waals surface area contributed by atoms with Crippen LogP contribution in [0.5, 0.6) is 0 Å². The fourth-order valence-corrected chi connectivity index (χ4v) is 2.08. The molecule has 6 heteroatoms. The molecule has 3 rings (SSSR count). The number of anilines is 2. The molecule has 1 aromatic heterocycles. The van der Waals surface area contributed by atoms with Gasteiger partial charge in [0.05, 0.1) is 0 Å². The smallest absolute Gasteiger partial charge is 0.227 e. The van der Waals surface area contributed by atoms with Crippen molar-refractivity contribution in [3.63, 3.8) is 0 Å². The third-order valence-corrected chi connectivity index (χ3v) is 3.10. The molecule has 0 aliphatic heterocycles. The Morgan fingerprint density at radius 1 is 1.10 bits per heavy atom. The van der Waals surface area contributed by atoms with Crippen LogP contribution in [0.25, 0.3) is 10.8 Å². The number of amidine groups is 1.